The number of aliphatic carboxylic acids is 2. The maximum atomic E-state index is 9.77. The van der Waals surface area contributed by atoms with E-state index in [9.17, 15) is 9.59 Å². The summed E-state index contributed by atoms with van der Waals surface area (Å²) in [6.07, 6.45) is -4.53. The quantitative estimate of drug-likeness (QED) is 0.416. The van der Waals surface area contributed by atoms with Crippen LogP contribution < -0.4 is 0 Å². The van der Waals surface area contributed by atoms with E-state index < -0.39 is 24.1 Å². The minimum Gasteiger partial charge on any atom is -0.479 e. The number of rotatable bonds is 3. The molecule has 0 bridgehead atoms. The van der Waals surface area contributed by atoms with E-state index in [-0.39, 0.29) is 54.0 Å². The second-order valence-electron chi connectivity index (χ2n) is 1.57. The fourth-order valence-electron chi connectivity index (χ4n) is 0.270. The second-order valence-corrected chi connectivity index (χ2v) is 1.57. The van der Waals surface area contributed by atoms with E-state index >= 15 is 0 Å². The minimum absolute atomic E-state index is 0. The van der Waals surface area contributed by atoms with Crippen molar-refractivity contribution in [2.45, 2.75) is 12.2 Å². The summed E-state index contributed by atoms with van der Waals surface area (Å²) >= 11 is 0. The minimum atomic E-state index is -2.27. The predicted molar refractivity (Wildman–Crippen MR) is 38.8 cm³/mol. The van der Waals surface area contributed by atoms with Crippen LogP contribution in [0.1, 0.15) is 0 Å². The van der Waals surface area contributed by atoms with E-state index in [4.69, 9.17) is 20.4 Å². The Morgan fingerprint density at radius 2 is 1.08 bits per heavy atom. The number of hydrogen-bond donors (Lipinski definition) is 4. The second kappa shape index (κ2) is 8.28. The number of carbonyl (C=O) groups is 2. The van der Waals surface area contributed by atoms with E-state index in [0.717, 1.165) is 0 Å². The molecule has 0 spiro atoms. The first-order chi connectivity index (χ1) is 4.46. The summed E-state index contributed by atoms with van der Waals surface area (Å²) in [5, 5.41) is 32.5. The number of aliphatic hydroxyl groups is 2. The van der Waals surface area contributed by atoms with Gasteiger partial charge in [-0.15, -0.1) is 0 Å². The van der Waals surface area contributed by atoms with Gasteiger partial charge < -0.3 is 20.4 Å². The Balaban J connectivity index is -0.000000405. The van der Waals surface area contributed by atoms with E-state index in [1.165, 1.54) is 0 Å². The molecule has 6 nitrogen and oxygen atoms in total. The Kier molecular flexibility index (Phi) is 12.7. The fraction of sp³-hybridized carbons (Fsp3) is 0.500. The number of aliphatic hydroxyl groups excluding tert-OH is 2. The molecule has 2 atom stereocenters. The average Bonchev–Trinajstić information content (AvgIpc) is 1.84. The molecule has 0 aromatic rings. The first-order valence-corrected chi connectivity index (χ1v) is 2.28. The fourth-order valence-corrected chi connectivity index (χ4v) is 0.270. The summed E-state index contributed by atoms with van der Waals surface area (Å²) < 4.78 is 0. The molecule has 0 amide bonds. The standard InChI is InChI=1S/C4H6O6.Na.Sb/c5-1(3(7)8)2(6)4(9)10;;/h1-2,5-6H,(H,7,8)(H,9,10);;/t1-,2-;;/m1../s1. The normalized spacial score (nSPS) is 13.2. The van der Waals surface area contributed by atoms with Crippen molar-refractivity contribution in [3.8, 4) is 0 Å². The molecule has 4 radical (unpaired) electrons. The van der Waals surface area contributed by atoms with Gasteiger partial charge in [-0.05, 0) is 0 Å². The van der Waals surface area contributed by atoms with Gasteiger partial charge in [0.25, 0.3) is 0 Å². The van der Waals surface area contributed by atoms with Crippen LogP contribution in [0.25, 0.3) is 0 Å². The Morgan fingerprint density at radius 3 is 1.17 bits per heavy atom. The van der Waals surface area contributed by atoms with Gasteiger partial charge in [0.15, 0.2) is 12.2 Å². The zero-order chi connectivity index (χ0) is 8.31. The van der Waals surface area contributed by atoms with Crippen molar-refractivity contribution >= 4 is 65.9 Å². The van der Waals surface area contributed by atoms with Gasteiger partial charge in [0.05, 0.1) is 0 Å². The van der Waals surface area contributed by atoms with Crippen LogP contribution >= 0.6 is 0 Å². The van der Waals surface area contributed by atoms with Crippen molar-refractivity contribution in [2.75, 3.05) is 0 Å². The molecule has 0 saturated carbocycles. The average molecular weight is 295 g/mol. The number of carboxylic acid groups (broad SMARTS) is 2. The molecule has 0 saturated heterocycles. The molecule has 12 heavy (non-hydrogen) atoms. The summed E-state index contributed by atoms with van der Waals surface area (Å²) in [5.41, 5.74) is 0. The summed E-state index contributed by atoms with van der Waals surface area (Å²) in [5.74, 6) is -3.54. The van der Waals surface area contributed by atoms with Gasteiger partial charge in [0.1, 0.15) is 0 Å². The van der Waals surface area contributed by atoms with E-state index in [1.54, 1.807) is 0 Å². The first kappa shape index (κ1) is 18.5. The Labute approximate surface area is 107 Å². The molecule has 8 heteroatoms. The molecule has 4 N–H and O–H groups in total. The van der Waals surface area contributed by atoms with E-state index in [2.05, 4.69) is 0 Å². The number of hydrogen-bond acceptors (Lipinski definition) is 4. The van der Waals surface area contributed by atoms with Gasteiger partial charge in [-0.3, -0.25) is 0 Å². The van der Waals surface area contributed by atoms with Crippen molar-refractivity contribution < 1.29 is 30.0 Å². The molecular weight excluding hydrogens is 289 g/mol. The summed E-state index contributed by atoms with van der Waals surface area (Å²) in [4.78, 5) is 19.5. The smallest absolute Gasteiger partial charge is 0.335 e. The van der Waals surface area contributed by atoms with Crippen molar-refractivity contribution in [2.24, 2.45) is 0 Å². The van der Waals surface area contributed by atoms with Gasteiger partial charge in [-0.1, -0.05) is 0 Å². The van der Waals surface area contributed by atoms with E-state index in [1.807, 2.05) is 0 Å². The van der Waals surface area contributed by atoms with Gasteiger partial charge in [-0.2, -0.15) is 0 Å². The Hall–Kier alpha value is 0.678. The Bertz CT molecular complexity index is 144. The molecule has 0 fully saturated rings. The zero-order valence-electron chi connectivity index (χ0n) is 6.21. The van der Waals surface area contributed by atoms with Gasteiger partial charge in [-0.25, -0.2) is 9.59 Å². The van der Waals surface area contributed by atoms with Gasteiger partial charge in [0, 0.05) is 54.0 Å². The molecular formula is C4H6NaO6Sb. The van der Waals surface area contributed by atoms with Crippen LogP contribution in [0.4, 0.5) is 0 Å². The van der Waals surface area contributed by atoms with Crippen LogP contribution in [0.15, 0.2) is 0 Å². The Morgan fingerprint density at radius 1 is 0.917 bits per heavy atom. The van der Waals surface area contributed by atoms with Crippen LogP contribution in [-0.4, -0.2) is 98.6 Å². The monoisotopic (exact) mass is 294 g/mol. The molecule has 0 rings (SSSR count). The van der Waals surface area contributed by atoms with Crippen LogP contribution in [0.5, 0.6) is 0 Å². The maximum Gasteiger partial charge on any atom is 0.335 e. The molecule has 0 aliphatic carbocycles. The van der Waals surface area contributed by atoms with Crippen LogP contribution in [-0.2, 0) is 9.59 Å². The molecule has 0 unspecified atom stereocenters. The molecule has 64 valence electrons. The third-order valence-electron chi connectivity index (χ3n) is 0.805. The van der Waals surface area contributed by atoms with Crippen LogP contribution in [0.2, 0.25) is 0 Å². The summed E-state index contributed by atoms with van der Waals surface area (Å²) in [6, 6.07) is 0. The van der Waals surface area contributed by atoms with Crippen molar-refractivity contribution in [3.63, 3.8) is 0 Å². The van der Waals surface area contributed by atoms with E-state index in [0.29, 0.717) is 0 Å². The SMILES string of the molecule is O=C(O)[C@H](O)[C@@H](O)C(=O)O.[Na].[Sb]. The zero-order valence-corrected chi connectivity index (χ0v) is 10.8. The third kappa shape index (κ3) is 6.22. The molecule has 0 aromatic carbocycles. The third-order valence-corrected chi connectivity index (χ3v) is 0.805. The van der Waals surface area contributed by atoms with Crippen molar-refractivity contribution in [1.29, 1.82) is 0 Å². The van der Waals surface area contributed by atoms with Crippen molar-refractivity contribution in [3.05, 3.63) is 0 Å². The first-order valence-electron chi connectivity index (χ1n) is 2.28. The van der Waals surface area contributed by atoms with Gasteiger partial charge in [0.2, 0.25) is 0 Å². The van der Waals surface area contributed by atoms with Crippen molar-refractivity contribution in [1.82, 2.24) is 0 Å². The molecule has 0 heterocycles. The maximum absolute atomic E-state index is 9.77. The molecule has 0 aromatic heterocycles. The summed E-state index contributed by atoms with van der Waals surface area (Å²) in [6.45, 7) is 0. The van der Waals surface area contributed by atoms with Gasteiger partial charge >= 0.3 is 11.9 Å². The summed E-state index contributed by atoms with van der Waals surface area (Å²) in [7, 11) is 0. The molecule has 0 aliphatic heterocycles. The molecule has 0 aliphatic rings. The number of carboxylic acids is 2. The largest absolute Gasteiger partial charge is 0.479 e. The van der Waals surface area contributed by atoms with Crippen LogP contribution in [0, 0.1) is 0 Å². The van der Waals surface area contributed by atoms with Crippen LogP contribution in [0.3, 0.4) is 0 Å². The topological polar surface area (TPSA) is 115 Å². The predicted octanol–water partition coefficient (Wildman–Crippen LogP) is -2.88.